The number of hydrogen-bond donors (Lipinski definition) is 4. The molecule has 0 saturated heterocycles. The van der Waals surface area contributed by atoms with E-state index in [0.29, 0.717) is 29.0 Å². The second kappa shape index (κ2) is 6.34. The fraction of sp³-hybridized carbons (Fsp3) is 0.0556. The number of pyridine rings is 1. The highest BCUT2D eigenvalue weighted by Gasteiger charge is 2.23. The Kier molecular flexibility index (Phi) is 3.86. The molecule has 0 aliphatic carbocycles. The van der Waals surface area contributed by atoms with E-state index < -0.39 is 5.91 Å². The van der Waals surface area contributed by atoms with Gasteiger partial charge in [-0.25, -0.2) is 10.5 Å². The highest BCUT2D eigenvalue weighted by atomic mass is 16.3. The standard InChI is InChI=1S/C18H16N6O2/c19-18(26)13-4-1-2-6-14(13)24-16(21-22-23-24)10-11-7-8-15(25)17-12(11)5-3-9-20-17/h1-9,22-23,25H,10H2,(H2,19,26). The van der Waals surface area contributed by atoms with Crippen molar-refractivity contribution in [1.29, 1.82) is 0 Å². The number of hydrazone groups is 1. The number of aromatic nitrogens is 1. The van der Waals surface area contributed by atoms with Crippen molar-refractivity contribution >= 4 is 28.3 Å². The lowest BCUT2D eigenvalue weighted by molar-refractivity contribution is 0.100. The number of primary amides is 1. The molecule has 3 aromatic rings. The Bertz CT molecular complexity index is 1030. The Morgan fingerprint density at radius 2 is 2.00 bits per heavy atom. The van der Waals surface area contributed by atoms with Gasteiger partial charge in [-0.2, -0.15) is 0 Å². The molecule has 0 spiro atoms. The lowest BCUT2D eigenvalue weighted by atomic mass is 10.0. The zero-order valence-corrected chi connectivity index (χ0v) is 13.7. The predicted octanol–water partition coefficient (Wildman–Crippen LogP) is 1.42. The van der Waals surface area contributed by atoms with Crippen LogP contribution in [0.2, 0.25) is 0 Å². The highest BCUT2D eigenvalue weighted by Crippen LogP contribution is 2.27. The second-order valence-electron chi connectivity index (χ2n) is 5.79. The van der Waals surface area contributed by atoms with Crippen LogP contribution in [0, 0.1) is 0 Å². The molecule has 130 valence electrons. The van der Waals surface area contributed by atoms with Crippen LogP contribution in [0.4, 0.5) is 5.69 Å². The van der Waals surface area contributed by atoms with Gasteiger partial charge in [-0.1, -0.05) is 24.3 Å². The van der Waals surface area contributed by atoms with Gasteiger partial charge in [-0.05, 0) is 29.8 Å². The Balaban J connectivity index is 1.72. The maximum Gasteiger partial charge on any atom is 0.250 e. The number of hydrogen-bond acceptors (Lipinski definition) is 7. The molecule has 4 rings (SSSR count). The minimum absolute atomic E-state index is 0.130. The molecule has 0 fully saturated rings. The van der Waals surface area contributed by atoms with Gasteiger partial charge in [0.1, 0.15) is 11.3 Å². The number of carbonyl (C=O) groups is 1. The Morgan fingerprint density at radius 3 is 2.85 bits per heavy atom. The molecule has 1 aliphatic heterocycles. The minimum Gasteiger partial charge on any atom is -0.506 e. The fourth-order valence-corrected chi connectivity index (χ4v) is 2.99. The van der Waals surface area contributed by atoms with Gasteiger partial charge < -0.3 is 10.8 Å². The maximum absolute atomic E-state index is 11.7. The van der Waals surface area contributed by atoms with Crippen LogP contribution in [0.15, 0.2) is 59.8 Å². The molecule has 0 unspecified atom stereocenters. The van der Waals surface area contributed by atoms with E-state index in [1.54, 1.807) is 35.5 Å². The van der Waals surface area contributed by atoms with E-state index in [0.717, 1.165) is 10.9 Å². The molecular formula is C18H16N6O2. The first kappa shape index (κ1) is 15.9. The van der Waals surface area contributed by atoms with E-state index in [9.17, 15) is 9.90 Å². The number of hydrazine groups is 2. The molecular weight excluding hydrogens is 332 g/mol. The summed E-state index contributed by atoms with van der Waals surface area (Å²) in [5.74, 6) is 0.257. The predicted molar refractivity (Wildman–Crippen MR) is 98.3 cm³/mol. The number of rotatable bonds is 4. The summed E-state index contributed by atoms with van der Waals surface area (Å²) in [7, 11) is 0. The summed E-state index contributed by atoms with van der Waals surface area (Å²) >= 11 is 0. The number of nitrogens with zero attached hydrogens (tertiary/aromatic N) is 3. The van der Waals surface area contributed by atoms with Gasteiger partial charge in [0, 0.05) is 18.0 Å². The third-order valence-electron chi connectivity index (χ3n) is 4.20. The molecule has 2 heterocycles. The number of para-hydroxylation sites is 1. The normalized spacial score (nSPS) is 13.5. The van der Waals surface area contributed by atoms with Gasteiger partial charge in [0.05, 0.1) is 11.3 Å². The molecule has 0 atom stereocenters. The van der Waals surface area contributed by atoms with Crippen LogP contribution in [0.5, 0.6) is 5.75 Å². The molecule has 0 radical (unpaired) electrons. The fourth-order valence-electron chi connectivity index (χ4n) is 2.99. The number of nitrogens with one attached hydrogen (secondary N) is 2. The van der Waals surface area contributed by atoms with Gasteiger partial charge in [-0.3, -0.25) is 9.78 Å². The van der Waals surface area contributed by atoms with Crippen LogP contribution < -0.4 is 21.8 Å². The Morgan fingerprint density at radius 1 is 1.15 bits per heavy atom. The summed E-state index contributed by atoms with van der Waals surface area (Å²) in [5.41, 5.74) is 13.6. The molecule has 1 aromatic heterocycles. The maximum atomic E-state index is 11.7. The zero-order chi connectivity index (χ0) is 18.1. The molecule has 8 heteroatoms. The number of amidine groups is 1. The summed E-state index contributed by atoms with van der Waals surface area (Å²) in [6.07, 6.45) is 2.09. The van der Waals surface area contributed by atoms with E-state index in [-0.39, 0.29) is 5.75 Å². The number of amides is 1. The van der Waals surface area contributed by atoms with Gasteiger partial charge in [0.25, 0.3) is 5.91 Å². The van der Waals surface area contributed by atoms with Crippen molar-refractivity contribution in [3.63, 3.8) is 0 Å². The number of phenolic OH excluding ortho intramolecular Hbond substituents is 1. The second-order valence-corrected chi connectivity index (χ2v) is 5.79. The van der Waals surface area contributed by atoms with Crippen molar-refractivity contribution in [3.8, 4) is 5.75 Å². The number of nitrogens with two attached hydrogens (primary N) is 1. The van der Waals surface area contributed by atoms with Gasteiger partial charge in [0.2, 0.25) is 0 Å². The minimum atomic E-state index is -0.520. The number of benzene rings is 2. The average Bonchev–Trinajstić information content (AvgIpc) is 3.12. The van der Waals surface area contributed by atoms with Crippen molar-refractivity contribution in [2.24, 2.45) is 10.8 Å². The van der Waals surface area contributed by atoms with Crippen LogP contribution in [0.25, 0.3) is 10.9 Å². The number of phenols is 1. The van der Waals surface area contributed by atoms with Crippen LogP contribution in [0.1, 0.15) is 15.9 Å². The zero-order valence-electron chi connectivity index (χ0n) is 13.7. The van der Waals surface area contributed by atoms with E-state index in [1.165, 1.54) is 0 Å². The van der Waals surface area contributed by atoms with E-state index in [2.05, 4.69) is 21.2 Å². The molecule has 0 bridgehead atoms. The SMILES string of the molecule is NC(=O)c1ccccc1N1NNN=C1Cc1ccc(O)c2ncccc12. The van der Waals surface area contributed by atoms with Crippen molar-refractivity contribution < 1.29 is 9.90 Å². The first-order valence-corrected chi connectivity index (χ1v) is 7.97. The molecule has 26 heavy (non-hydrogen) atoms. The van der Waals surface area contributed by atoms with Gasteiger partial charge in [0.15, 0.2) is 5.84 Å². The quantitative estimate of drug-likeness (QED) is 0.567. The van der Waals surface area contributed by atoms with Crippen LogP contribution in [0.3, 0.4) is 0 Å². The van der Waals surface area contributed by atoms with Crippen molar-refractivity contribution in [2.75, 3.05) is 5.01 Å². The molecule has 5 N–H and O–H groups in total. The van der Waals surface area contributed by atoms with Crippen molar-refractivity contribution in [3.05, 3.63) is 65.9 Å². The smallest absolute Gasteiger partial charge is 0.250 e. The molecule has 1 amide bonds. The average molecular weight is 348 g/mol. The number of anilines is 1. The molecule has 2 aromatic carbocycles. The van der Waals surface area contributed by atoms with Crippen molar-refractivity contribution in [2.45, 2.75) is 6.42 Å². The summed E-state index contributed by atoms with van der Waals surface area (Å²) in [4.78, 5) is 16.0. The van der Waals surface area contributed by atoms with Gasteiger partial charge in [-0.15, -0.1) is 10.6 Å². The van der Waals surface area contributed by atoms with Crippen LogP contribution >= 0.6 is 0 Å². The first-order chi connectivity index (χ1) is 12.6. The van der Waals surface area contributed by atoms with Crippen LogP contribution in [-0.2, 0) is 6.42 Å². The van der Waals surface area contributed by atoms with E-state index in [4.69, 9.17) is 5.73 Å². The third kappa shape index (κ3) is 2.68. The summed E-state index contributed by atoms with van der Waals surface area (Å²) in [6, 6.07) is 14.2. The molecule has 1 aliphatic rings. The topological polar surface area (TPSA) is 116 Å². The summed E-state index contributed by atoms with van der Waals surface area (Å²) in [6.45, 7) is 0. The molecule has 0 saturated carbocycles. The summed E-state index contributed by atoms with van der Waals surface area (Å²) < 4.78 is 0. The Labute approximate surface area is 148 Å². The summed E-state index contributed by atoms with van der Waals surface area (Å²) in [5, 5.41) is 16.8. The monoisotopic (exact) mass is 348 g/mol. The Hall–Kier alpha value is -3.65. The van der Waals surface area contributed by atoms with Crippen molar-refractivity contribution in [1.82, 2.24) is 16.1 Å². The largest absolute Gasteiger partial charge is 0.506 e. The number of fused-ring (bicyclic) bond motifs is 1. The lowest BCUT2D eigenvalue weighted by Gasteiger charge is -2.21. The molecule has 8 nitrogen and oxygen atoms in total. The third-order valence-corrected chi connectivity index (χ3v) is 4.20. The van der Waals surface area contributed by atoms with Gasteiger partial charge >= 0.3 is 0 Å². The van der Waals surface area contributed by atoms with E-state index in [1.807, 2.05) is 24.3 Å². The first-order valence-electron chi connectivity index (χ1n) is 7.97. The number of aromatic hydroxyl groups is 1. The highest BCUT2D eigenvalue weighted by molar-refractivity contribution is 6.07. The van der Waals surface area contributed by atoms with Crippen LogP contribution in [-0.4, -0.2) is 21.8 Å². The number of carbonyl (C=O) groups excluding carboxylic acids is 1. The lowest BCUT2D eigenvalue weighted by Crippen LogP contribution is -2.42. The van der Waals surface area contributed by atoms with E-state index >= 15 is 0 Å².